The van der Waals surface area contributed by atoms with Crippen molar-refractivity contribution in [2.75, 3.05) is 7.11 Å². The van der Waals surface area contributed by atoms with Gasteiger partial charge in [0.25, 0.3) is 0 Å². The smallest absolute Gasteiger partial charge is 0.197 e. The summed E-state index contributed by atoms with van der Waals surface area (Å²) >= 11 is 0. The summed E-state index contributed by atoms with van der Waals surface area (Å²) in [6.07, 6.45) is 0. The van der Waals surface area contributed by atoms with Crippen molar-refractivity contribution in [3.05, 3.63) is 94.6 Å². The first kappa shape index (κ1) is 16.9. The molecule has 1 aromatic heterocycles. The summed E-state index contributed by atoms with van der Waals surface area (Å²) in [6, 6.07) is 24.1. The number of methoxy groups -OCH3 is 1. The first-order valence-corrected chi connectivity index (χ1v) is 8.62. The third kappa shape index (κ3) is 3.55. The Morgan fingerprint density at radius 3 is 2.52 bits per heavy atom. The third-order valence-electron chi connectivity index (χ3n) is 4.31. The Kier molecular flexibility index (Phi) is 4.62. The monoisotopic (exact) mass is 358 g/mol. The van der Waals surface area contributed by atoms with E-state index in [1.807, 2.05) is 60.7 Å². The van der Waals surface area contributed by atoms with Gasteiger partial charge in [-0.3, -0.25) is 4.79 Å². The van der Waals surface area contributed by atoms with Gasteiger partial charge in [-0.05, 0) is 29.8 Å². The SMILES string of the molecule is COc1cccc(-c2cc(=O)c3c(OCc4ccccc4)cccc3o2)c1. The summed E-state index contributed by atoms with van der Waals surface area (Å²) in [5, 5.41) is 0.445. The summed E-state index contributed by atoms with van der Waals surface area (Å²) in [5.41, 5.74) is 2.17. The number of ether oxygens (including phenoxy) is 2. The van der Waals surface area contributed by atoms with E-state index in [2.05, 4.69) is 0 Å². The number of fused-ring (bicyclic) bond motifs is 1. The van der Waals surface area contributed by atoms with Gasteiger partial charge in [-0.2, -0.15) is 0 Å². The Balaban J connectivity index is 1.72. The second kappa shape index (κ2) is 7.38. The molecule has 0 N–H and O–H groups in total. The molecule has 0 spiro atoms. The number of rotatable bonds is 5. The third-order valence-corrected chi connectivity index (χ3v) is 4.31. The minimum Gasteiger partial charge on any atom is -0.497 e. The van der Waals surface area contributed by atoms with E-state index in [1.165, 1.54) is 6.07 Å². The molecule has 4 rings (SSSR count). The topological polar surface area (TPSA) is 48.7 Å². The summed E-state index contributed by atoms with van der Waals surface area (Å²) in [7, 11) is 1.60. The molecule has 0 atom stereocenters. The molecule has 0 bridgehead atoms. The Morgan fingerprint density at radius 1 is 0.889 bits per heavy atom. The van der Waals surface area contributed by atoms with Gasteiger partial charge in [0.05, 0.1) is 7.11 Å². The molecule has 1 heterocycles. The second-order valence-corrected chi connectivity index (χ2v) is 6.11. The Bertz CT molecular complexity index is 1130. The predicted octanol–water partition coefficient (Wildman–Crippen LogP) is 5.05. The highest BCUT2D eigenvalue weighted by molar-refractivity contribution is 5.84. The molecule has 27 heavy (non-hydrogen) atoms. The highest BCUT2D eigenvalue weighted by Crippen LogP contribution is 2.29. The largest absolute Gasteiger partial charge is 0.497 e. The van der Waals surface area contributed by atoms with Gasteiger partial charge in [0.2, 0.25) is 0 Å². The lowest BCUT2D eigenvalue weighted by Gasteiger charge is -2.10. The van der Waals surface area contributed by atoms with E-state index in [9.17, 15) is 4.79 Å². The van der Waals surface area contributed by atoms with Crippen LogP contribution in [0.1, 0.15) is 5.56 Å². The molecule has 0 amide bonds. The highest BCUT2D eigenvalue weighted by Gasteiger charge is 2.12. The Labute approximate surface area is 156 Å². The van der Waals surface area contributed by atoms with Gasteiger partial charge >= 0.3 is 0 Å². The summed E-state index contributed by atoms with van der Waals surface area (Å²) < 4.78 is 17.1. The van der Waals surface area contributed by atoms with Crippen molar-refractivity contribution in [3.63, 3.8) is 0 Å². The maximum absolute atomic E-state index is 12.8. The van der Waals surface area contributed by atoms with E-state index in [0.29, 0.717) is 34.8 Å². The van der Waals surface area contributed by atoms with Gasteiger partial charge in [-0.25, -0.2) is 0 Å². The van der Waals surface area contributed by atoms with Crippen molar-refractivity contribution in [1.82, 2.24) is 0 Å². The van der Waals surface area contributed by atoms with Crippen molar-refractivity contribution in [2.45, 2.75) is 6.61 Å². The van der Waals surface area contributed by atoms with Crippen LogP contribution in [-0.4, -0.2) is 7.11 Å². The molecular weight excluding hydrogens is 340 g/mol. The van der Waals surface area contributed by atoms with E-state index in [0.717, 1.165) is 11.1 Å². The normalized spacial score (nSPS) is 10.7. The van der Waals surface area contributed by atoms with Crippen LogP contribution in [0.5, 0.6) is 11.5 Å². The van der Waals surface area contributed by atoms with Crippen molar-refractivity contribution in [3.8, 4) is 22.8 Å². The molecule has 0 aliphatic rings. The fraction of sp³-hybridized carbons (Fsp3) is 0.0870. The van der Waals surface area contributed by atoms with Crippen LogP contribution in [0, 0.1) is 0 Å². The first-order chi connectivity index (χ1) is 13.2. The first-order valence-electron chi connectivity index (χ1n) is 8.62. The molecule has 0 unspecified atom stereocenters. The minimum absolute atomic E-state index is 0.141. The lowest BCUT2D eigenvalue weighted by Crippen LogP contribution is -2.04. The van der Waals surface area contributed by atoms with Crippen LogP contribution in [0.2, 0.25) is 0 Å². The summed E-state index contributed by atoms with van der Waals surface area (Å²) in [5.74, 6) is 1.71. The van der Waals surface area contributed by atoms with E-state index in [4.69, 9.17) is 13.9 Å². The Morgan fingerprint density at radius 2 is 1.70 bits per heavy atom. The van der Waals surface area contributed by atoms with E-state index < -0.39 is 0 Å². The zero-order valence-electron chi connectivity index (χ0n) is 14.8. The van der Waals surface area contributed by atoms with Gasteiger partial charge in [-0.15, -0.1) is 0 Å². The van der Waals surface area contributed by atoms with E-state index in [1.54, 1.807) is 19.2 Å². The van der Waals surface area contributed by atoms with Gasteiger partial charge in [0.15, 0.2) is 5.43 Å². The molecule has 4 aromatic rings. The molecule has 3 aromatic carbocycles. The van der Waals surface area contributed by atoms with Gasteiger partial charge in [-0.1, -0.05) is 48.5 Å². The second-order valence-electron chi connectivity index (χ2n) is 6.11. The van der Waals surface area contributed by atoms with Crippen LogP contribution in [0.25, 0.3) is 22.3 Å². The van der Waals surface area contributed by atoms with E-state index in [-0.39, 0.29) is 5.43 Å². The number of hydrogen-bond acceptors (Lipinski definition) is 4. The summed E-state index contributed by atoms with van der Waals surface area (Å²) in [6.45, 7) is 0.386. The molecule has 134 valence electrons. The number of benzene rings is 3. The van der Waals surface area contributed by atoms with Crippen molar-refractivity contribution < 1.29 is 13.9 Å². The maximum Gasteiger partial charge on any atom is 0.197 e. The summed E-state index contributed by atoms with van der Waals surface area (Å²) in [4.78, 5) is 12.8. The van der Waals surface area contributed by atoms with Crippen LogP contribution in [0.15, 0.2) is 88.1 Å². The number of hydrogen-bond donors (Lipinski definition) is 0. The average Bonchev–Trinajstić information content (AvgIpc) is 2.72. The maximum atomic E-state index is 12.8. The van der Waals surface area contributed by atoms with E-state index >= 15 is 0 Å². The van der Waals surface area contributed by atoms with Crippen LogP contribution in [-0.2, 0) is 6.61 Å². The minimum atomic E-state index is -0.141. The predicted molar refractivity (Wildman–Crippen MR) is 105 cm³/mol. The van der Waals surface area contributed by atoms with Gasteiger partial charge < -0.3 is 13.9 Å². The zero-order chi connectivity index (χ0) is 18.6. The molecule has 0 aliphatic heterocycles. The molecule has 4 nitrogen and oxygen atoms in total. The quantitative estimate of drug-likeness (QED) is 0.501. The van der Waals surface area contributed by atoms with Crippen molar-refractivity contribution >= 4 is 11.0 Å². The van der Waals surface area contributed by atoms with Crippen molar-refractivity contribution in [2.24, 2.45) is 0 Å². The fourth-order valence-corrected chi connectivity index (χ4v) is 2.95. The molecule has 0 aliphatic carbocycles. The highest BCUT2D eigenvalue weighted by atomic mass is 16.5. The molecule has 0 saturated heterocycles. The van der Waals surface area contributed by atoms with Crippen LogP contribution < -0.4 is 14.9 Å². The standard InChI is InChI=1S/C23H18O4/c1-25-18-10-5-9-17(13-18)22-14-19(24)23-20(11-6-12-21(23)27-22)26-15-16-7-3-2-4-8-16/h2-14H,15H2,1H3. The van der Waals surface area contributed by atoms with Crippen LogP contribution in [0.4, 0.5) is 0 Å². The van der Waals surface area contributed by atoms with Crippen LogP contribution >= 0.6 is 0 Å². The zero-order valence-corrected chi connectivity index (χ0v) is 14.8. The van der Waals surface area contributed by atoms with Crippen molar-refractivity contribution in [1.29, 1.82) is 0 Å². The molecular formula is C23H18O4. The van der Waals surface area contributed by atoms with Gasteiger partial charge in [0.1, 0.15) is 34.8 Å². The molecule has 0 saturated carbocycles. The molecule has 4 heteroatoms. The van der Waals surface area contributed by atoms with Gasteiger partial charge in [0, 0.05) is 11.6 Å². The lowest BCUT2D eigenvalue weighted by molar-refractivity contribution is 0.309. The molecule has 0 fully saturated rings. The fourth-order valence-electron chi connectivity index (χ4n) is 2.95. The Hall–Kier alpha value is -3.53. The van der Waals surface area contributed by atoms with Crippen LogP contribution in [0.3, 0.4) is 0 Å². The average molecular weight is 358 g/mol. The lowest BCUT2D eigenvalue weighted by atomic mass is 10.1. The molecule has 0 radical (unpaired) electrons.